The lowest BCUT2D eigenvalue weighted by atomic mass is 10.0. The van der Waals surface area contributed by atoms with Gasteiger partial charge in [-0.2, -0.15) is 0 Å². The predicted octanol–water partition coefficient (Wildman–Crippen LogP) is 4.20. The van der Waals surface area contributed by atoms with Crippen molar-refractivity contribution in [3.05, 3.63) is 101 Å². The Balaban J connectivity index is 1.21. The fourth-order valence-corrected chi connectivity index (χ4v) is 4.37. The van der Waals surface area contributed by atoms with Gasteiger partial charge in [0.25, 0.3) is 0 Å². The lowest BCUT2D eigenvalue weighted by Crippen LogP contribution is -2.48. The highest BCUT2D eigenvalue weighted by Gasteiger charge is 2.20. The second kappa shape index (κ2) is 12.6. The van der Waals surface area contributed by atoms with Crippen molar-refractivity contribution >= 4 is 5.78 Å². The lowest BCUT2D eigenvalue weighted by Gasteiger charge is -2.35. The molecule has 0 saturated carbocycles. The number of piperazine rings is 1. The number of ketones is 1. The molecule has 0 radical (unpaired) electrons. The third-order valence-electron chi connectivity index (χ3n) is 6.36. The number of aliphatic hydroxyl groups excluding tert-OH is 1. The van der Waals surface area contributed by atoms with Gasteiger partial charge in [-0.25, -0.2) is 4.39 Å². The van der Waals surface area contributed by atoms with E-state index in [9.17, 15) is 14.3 Å². The van der Waals surface area contributed by atoms with E-state index in [2.05, 4.69) is 9.80 Å². The summed E-state index contributed by atoms with van der Waals surface area (Å²) in [6.07, 6.45) is 0.449. The van der Waals surface area contributed by atoms with Gasteiger partial charge in [0, 0.05) is 45.7 Å². The standard InChI is InChI=1S/C29H33FN2O3/c30-25-13-10-24(11-14-25)20-31-16-18-32(19-17-31)21-26(33)22-35-29-9-5-4-8-27(29)28(34)15-12-23-6-2-1-3-7-23/h1-11,13-14,26,33H,12,15-22H2. The fourth-order valence-electron chi connectivity index (χ4n) is 4.37. The first-order valence-corrected chi connectivity index (χ1v) is 12.2. The molecule has 184 valence electrons. The molecule has 1 unspecified atom stereocenters. The average Bonchev–Trinajstić information content (AvgIpc) is 2.89. The van der Waals surface area contributed by atoms with Gasteiger partial charge in [0.05, 0.1) is 5.56 Å². The second-order valence-electron chi connectivity index (χ2n) is 9.07. The van der Waals surface area contributed by atoms with Crippen LogP contribution in [-0.4, -0.2) is 66.1 Å². The number of aliphatic hydroxyl groups is 1. The molecule has 1 fully saturated rings. The van der Waals surface area contributed by atoms with Crippen molar-refractivity contribution in [1.82, 2.24) is 9.80 Å². The average molecular weight is 477 g/mol. The minimum absolute atomic E-state index is 0.0382. The van der Waals surface area contributed by atoms with Gasteiger partial charge in [-0.15, -0.1) is 0 Å². The zero-order valence-corrected chi connectivity index (χ0v) is 20.0. The Kier molecular flexibility index (Phi) is 9.01. The number of carbonyl (C=O) groups is 1. The van der Waals surface area contributed by atoms with Crippen LogP contribution in [0.1, 0.15) is 27.9 Å². The number of aryl methyl sites for hydroxylation is 1. The third-order valence-corrected chi connectivity index (χ3v) is 6.36. The van der Waals surface area contributed by atoms with Crippen LogP contribution in [0.3, 0.4) is 0 Å². The number of hydrogen-bond acceptors (Lipinski definition) is 5. The Hall–Kier alpha value is -3.06. The molecule has 6 heteroatoms. The summed E-state index contributed by atoms with van der Waals surface area (Å²) < 4.78 is 19.0. The van der Waals surface area contributed by atoms with Crippen molar-refractivity contribution in [2.45, 2.75) is 25.5 Å². The number of hydrogen-bond donors (Lipinski definition) is 1. The highest BCUT2D eigenvalue weighted by molar-refractivity contribution is 5.98. The number of para-hydroxylation sites is 1. The minimum Gasteiger partial charge on any atom is -0.490 e. The molecule has 5 nitrogen and oxygen atoms in total. The molecular formula is C29H33FN2O3. The summed E-state index contributed by atoms with van der Waals surface area (Å²) in [4.78, 5) is 17.4. The molecule has 0 aromatic heterocycles. The molecule has 1 aliphatic heterocycles. The largest absolute Gasteiger partial charge is 0.490 e. The minimum atomic E-state index is -0.647. The highest BCUT2D eigenvalue weighted by atomic mass is 19.1. The van der Waals surface area contributed by atoms with Crippen LogP contribution < -0.4 is 4.74 Å². The zero-order valence-electron chi connectivity index (χ0n) is 20.0. The predicted molar refractivity (Wildman–Crippen MR) is 135 cm³/mol. The summed E-state index contributed by atoms with van der Waals surface area (Å²) in [5.74, 6) is 0.346. The number of halogens is 1. The normalized spacial score (nSPS) is 15.6. The number of rotatable bonds is 11. The molecule has 0 spiro atoms. The Labute approximate surface area is 206 Å². The molecule has 1 N–H and O–H groups in total. The van der Waals surface area contributed by atoms with E-state index in [1.54, 1.807) is 12.1 Å². The highest BCUT2D eigenvalue weighted by Crippen LogP contribution is 2.21. The monoisotopic (exact) mass is 476 g/mol. The van der Waals surface area contributed by atoms with E-state index < -0.39 is 6.10 Å². The van der Waals surface area contributed by atoms with Crippen LogP contribution in [0.4, 0.5) is 4.39 Å². The number of Topliss-reactive ketones (excluding diaryl/α,β-unsaturated/α-hetero) is 1. The second-order valence-corrected chi connectivity index (χ2v) is 9.07. The molecule has 35 heavy (non-hydrogen) atoms. The summed E-state index contributed by atoms with van der Waals surface area (Å²) in [7, 11) is 0. The van der Waals surface area contributed by atoms with E-state index in [0.717, 1.165) is 43.9 Å². The topological polar surface area (TPSA) is 53.0 Å². The van der Waals surface area contributed by atoms with Crippen molar-refractivity contribution < 1.29 is 19.0 Å². The van der Waals surface area contributed by atoms with Crippen LogP contribution in [-0.2, 0) is 13.0 Å². The van der Waals surface area contributed by atoms with Crippen LogP contribution in [0.25, 0.3) is 0 Å². The van der Waals surface area contributed by atoms with Gasteiger partial charge in [-0.3, -0.25) is 14.6 Å². The van der Waals surface area contributed by atoms with Crippen molar-refractivity contribution in [3.63, 3.8) is 0 Å². The van der Waals surface area contributed by atoms with Crippen LogP contribution >= 0.6 is 0 Å². The van der Waals surface area contributed by atoms with Gasteiger partial charge in [-0.05, 0) is 41.8 Å². The molecule has 1 atom stereocenters. The Morgan fingerprint density at radius 2 is 1.51 bits per heavy atom. The van der Waals surface area contributed by atoms with Crippen molar-refractivity contribution in [1.29, 1.82) is 0 Å². The fraction of sp³-hybridized carbons (Fsp3) is 0.345. The molecule has 1 aliphatic rings. The van der Waals surface area contributed by atoms with Crippen LogP contribution in [0, 0.1) is 5.82 Å². The molecule has 1 saturated heterocycles. The molecule has 4 rings (SSSR count). The molecular weight excluding hydrogens is 443 g/mol. The van der Waals surface area contributed by atoms with Gasteiger partial charge in [0.2, 0.25) is 0 Å². The summed E-state index contributed by atoms with van der Waals surface area (Å²) in [5, 5.41) is 10.6. The number of nitrogens with zero attached hydrogens (tertiary/aromatic N) is 2. The number of ether oxygens (including phenoxy) is 1. The van der Waals surface area contributed by atoms with Gasteiger partial charge in [-0.1, -0.05) is 54.6 Å². The Morgan fingerprint density at radius 1 is 0.857 bits per heavy atom. The summed E-state index contributed by atoms with van der Waals surface area (Å²) in [6, 6.07) is 23.9. The first-order valence-electron chi connectivity index (χ1n) is 12.2. The quantitative estimate of drug-likeness (QED) is 0.421. The van der Waals surface area contributed by atoms with E-state index >= 15 is 0 Å². The summed E-state index contributed by atoms with van der Waals surface area (Å²) in [6.45, 7) is 4.95. The van der Waals surface area contributed by atoms with E-state index in [0.29, 0.717) is 30.7 Å². The van der Waals surface area contributed by atoms with E-state index in [1.807, 2.05) is 54.6 Å². The lowest BCUT2D eigenvalue weighted by molar-refractivity contribution is 0.0443. The van der Waals surface area contributed by atoms with Gasteiger partial charge >= 0.3 is 0 Å². The molecule has 0 bridgehead atoms. The molecule has 0 aliphatic carbocycles. The SMILES string of the molecule is O=C(CCc1ccccc1)c1ccccc1OCC(O)CN1CCN(Cc2ccc(F)cc2)CC1. The number of carbonyl (C=O) groups excluding carboxylic acids is 1. The Morgan fingerprint density at radius 3 is 2.26 bits per heavy atom. The summed E-state index contributed by atoms with van der Waals surface area (Å²) >= 11 is 0. The molecule has 3 aromatic carbocycles. The smallest absolute Gasteiger partial charge is 0.166 e. The number of β-amino-alcohol motifs (C(OH)–C–C–N with tert-alkyl or cyclic N) is 1. The molecule has 0 amide bonds. The van der Waals surface area contributed by atoms with Crippen LogP contribution in [0.5, 0.6) is 5.75 Å². The number of benzene rings is 3. The maximum atomic E-state index is 13.1. The van der Waals surface area contributed by atoms with Crippen molar-refractivity contribution in [2.75, 3.05) is 39.3 Å². The zero-order chi connectivity index (χ0) is 24.5. The summed E-state index contributed by atoms with van der Waals surface area (Å²) in [5.41, 5.74) is 2.79. The van der Waals surface area contributed by atoms with Gasteiger partial charge in [0.1, 0.15) is 24.3 Å². The van der Waals surface area contributed by atoms with Crippen LogP contribution in [0.2, 0.25) is 0 Å². The Bertz CT molecular complexity index is 1070. The maximum absolute atomic E-state index is 13.1. The van der Waals surface area contributed by atoms with E-state index in [1.165, 1.54) is 12.1 Å². The van der Waals surface area contributed by atoms with Crippen molar-refractivity contribution in [3.8, 4) is 5.75 Å². The van der Waals surface area contributed by atoms with Gasteiger partial charge in [0.15, 0.2) is 5.78 Å². The molecule has 3 aromatic rings. The first kappa shape index (κ1) is 25.0. The first-order chi connectivity index (χ1) is 17.1. The van der Waals surface area contributed by atoms with Crippen LogP contribution in [0.15, 0.2) is 78.9 Å². The van der Waals surface area contributed by atoms with E-state index in [-0.39, 0.29) is 18.2 Å². The molecule has 1 heterocycles. The maximum Gasteiger partial charge on any atom is 0.166 e. The van der Waals surface area contributed by atoms with E-state index in [4.69, 9.17) is 4.74 Å². The van der Waals surface area contributed by atoms with Gasteiger partial charge < -0.3 is 9.84 Å². The van der Waals surface area contributed by atoms with Crippen molar-refractivity contribution in [2.24, 2.45) is 0 Å². The third kappa shape index (κ3) is 7.72.